The minimum absolute atomic E-state index is 0.0663. The van der Waals surface area contributed by atoms with Crippen molar-refractivity contribution in [2.45, 2.75) is 32.4 Å². The number of carbonyl (C=O) groups excluding carboxylic acids is 1. The van der Waals surface area contributed by atoms with E-state index in [9.17, 15) is 4.79 Å². The van der Waals surface area contributed by atoms with Gasteiger partial charge in [-0.1, -0.05) is 42.5 Å². The van der Waals surface area contributed by atoms with Crippen molar-refractivity contribution >= 4 is 5.91 Å². The molecule has 1 N–H and O–H groups in total. The van der Waals surface area contributed by atoms with Crippen molar-refractivity contribution in [3.05, 3.63) is 65.7 Å². The molecular weight excluding hydrogens is 312 g/mol. The van der Waals surface area contributed by atoms with Crippen LogP contribution in [-0.2, 0) is 17.8 Å². The monoisotopic (exact) mass is 340 g/mol. The van der Waals surface area contributed by atoms with Gasteiger partial charge in [0.2, 0.25) is 5.91 Å². The molecule has 0 saturated heterocycles. The summed E-state index contributed by atoms with van der Waals surface area (Å²) in [6, 6.07) is 18.5. The number of amides is 1. The van der Waals surface area contributed by atoms with Crippen molar-refractivity contribution in [2.75, 3.05) is 20.7 Å². The van der Waals surface area contributed by atoms with Crippen LogP contribution in [0.25, 0.3) is 0 Å². The number of hydrogen-bond donors (Lipinski definition) is 1. The Kier molecular flexibility index (Phi) is 7.48. The molecule has 1 atom stereocenters. The zero-order chi connectivity index (χ0) is 18.1. The molecule has 0 aliphatic carbocycles. The van der Waals surface area contributed by atoms with E-state index in [4.69, 9.17) is 4.74 Å². The molecule has 0 spiro atoms. The fourth-order valence-corrected chi connectivity index (χ4v) is 2.76. The molecule has 2 rings (SSSR count). The van der Waals surface area contributed by atoms with Crippen LogP contribution in [0.2, 0.25) is 0 Å². The Morgan fingerprint density at radius 2 is 1.76 bits per heavy atom. The van der Waals surface area contributed by atoms with Crippen molar-refractivity contribution in [1.82, 2.24) is 10.2 Å². The first-order chi connectivity index (χ1) is 12.1. The average Bonchev–Trinajstić information content (AvgIpc) is 2.61. The molecule has 2 aromatic carbocycles. The van der Waals surface area contributed by atoms with E-state index in [1.54, 1.807) is 7.11 Å². The molecule has 0 aromatic heterocycles. The molecule has 25 heavy (non-hydrogen) atoms. The van der Waals surface area contributed by atoms with Gasteiger partial charge in [-0.25, -0.2) is 0 Å². The van der Waals surface area contributed by atoms with Crippen LogP contribution in [0.4, 0.5) is 0 Å². The highest BCUT2D eigenvalue weighted by molar-refractivity contribution is 5.78. The summed E-state index contributed by atoms with van der Waals surface area (Å²) in [6.07, 6.45) is 1.92. The van der Waals surface area contributed by atoms with Crippen LogP contribution in [0, 0.1) is 0 Å². The minimum atomic E-state index is 0.0663. The van der Waals surface area contributed by atoms with Crippen molar-refractivity contribution in [1.29, 1.82) is 0 Å². The van der Waals surface area contributed by atoms with Gasteiger partial charge in [0.1, 0.15) is 5.75 Å². The second kappa shape index (κ2) is 9.84. The highest BCUT2D eigenvalue weighted by Crippen LogP contribution is 2.12. The smallest absolute Gasteiger partial charge is 0.234 e. The van der Waals surface area contributed by atoms with Crippen LogP contribution >= 0.6 is 0 Å². The van der Waals surface area contributed by atoms with Crippen LogP contribution in [0.3, 0.4) is 0 Å². The molecule has 0 fully saturated rings. The molecule has 4 nitrogen and oxygen atoms in total. The maximum atomic E-state index is 12.2. The maximum absolute atomic E-state index is 12.2. The van der Waals surface area contributed by atoms with Gasteiger partial charge in [0.15, 0.2) is 0 Å². The van der Waals surface area contributed by atoms with Gasteiger partial charge < -0.3 is 10.1 Å². The molecule has 4 heteroatoms. The lowest BCUT2D eigenvalue weighted by molar-refractivity contribution is -0.122. The summed E-state index contributed by atoms with van der Waals surface area (Å²) in [4.78, 5) is 14.2. The summed E-state index contributed by atoms with van der Waals surface area (Å²) in [7, 11) is 3.61. The molecule has 0 saturated carbocycles. The third kappa shape index (κ3) is 6.98. The van der Waals surface area contributed by atoms with Gasteiger partial charge in [-0.2, -0.15) is 0 Å². The number of ether oxygens (including phenoxy) is 1. The number of carbonyl (C=O) groups is 1. The summed E-state index contributed by atoms with van der Waals surface area (Å²) in [6.45, 7) is 3.18. The Hall–Kier alpha value is -2.33. The quantitative estimate of drug-likeness (QED) is 0.762. The van der Waals surface area contributed by atoms with Crippen LogP contribution < -0.4 is 10.1 Å². The second-order valence-electron chi connectivity index (χ2n) is 6.51. The largest absolute Gasteiger partial charge is 0.497 e. The summed E-state index contributed by atoms with van der Waals surface area (Å²) >= 11 is 0. The van der Waals surface area contributed by atoms with Gasteiger partial charge >= 0.3 is 0 Å². The molecule has 2 aromatic rings. The van der Waals surface area contributed by atoms with Gasteiger partial charge in [-0.3, -0.25) is 9.69 Å². The average molecular weight is 340 g/mol. The molecule has 0 unspecified atom stereocenters. The van der Waals surface area contributed by atoms with E-state index in [-0.39, 0.29) is 11.9 Å². The predicted octanol–water partition coefficient (Wildman–Crippen LogP) is 3.26. The normalized spacial score (nSPS) is 12.0. The highest BCUT2D eigenvalue weighted by atomic mass is 16.5. The second-order valence-corrected chi connectivity index (χ2v) is 6.51. The van der Waals surface area contributed by atoms with Crippen molar-refractivity contribution in [2.24, 2.45) is 0 Å². The molecular formula is C21H28N2O2. The molecule has 0 aliphatic heterocycles. The Balaban J connectivity index is 1.70. The van der Waals surface area contributed by atoms with Gasteiger partial charge in [0.05, 0.1) is 13.7 Å². The number of benzene rings is 2. The third-order valence-corrected chi connectivity index (χ3v) is 4.14. The number of aryl methyl sites for hydroxylation is 1. The Morgan fingerprint density at radius 3 is 2.40 bits per heavy atom. The lowest BCUT2D eigenvalue weighted by atomic mass is 10.1. The molecule has 0 aliphatic rings. The summed E-state index contributed by atoms with van der Waals surface area (Å²) < 4.78 is 5.16. The summed E-state index contributed by atoms with van der Waals surface area (Å²) in [5.74, 6) is 0.910. The van der Waals surface area contributed by atoms with Crippen molar-refractivity contribution < 1.29 is 9.53 Å². The first kappa shape index (κ1) is 19.0. The Labute approximate surface area is 150 Å². The molecule has 0 bridgehead atoms. The highest BCUT2D eigenvalue weighted by Gasteiger charge is 2.10. The van der Waals surface area contributed by atoms with Gasteiger partial charge in [-0.05, 0) is 50.1 Å². The first-order valence-corrected chi connectivity index (χ1v) is 8.71. The van der Waals surface area contributed by atoms with E-state index in [1.807, 2.05) is 54.4 Å². The fourth-order valence-electron chi connectivity index (χ4n) is 2.76. The van der Waals surface area contributed by atoms with E-state index in [1.165, 1.54) is 5.56 Å². The van der Waals surface area contributed by atoms with Crippen LogP contribution in [0.5, 0.6) is 5.75 Å². The Morgan fingerprint density at radius 1 is 1.08 bits per heavy atom. The van der Waals surface area contributed by atoms with E-state index in [0.717, 1.165) is 30.7 Å². The fraction of sp³-hybridized carbons (Fsp3) is 0.381. The molecule has 0 radical (unpaired) electrons. The Bertz CT molecular complexity index is 641. The zero-order valence-electron chi connectivity index (χ0n) is 15.4. The molecule has 134 valence electrons. The minimum Gasteiger partial charge on any atom is -0.497 e. The van der Waals surface area contributed by atoms with Crippen molar-refractivity contribution in [3.63, 3.8) is 0 Å². The topological polar surface area (TPSA) is 41.6 Å². The number of methoxy groups -OCH3 is 1. The standard InChI is InChI=1S/C21H28N2O2/c1-17(9-10-18-7-5-4-6-8-18)22-21(24)16-23(2)15-19-11-13-20(25-3)14-12-19/h4-8,11-14,17H,9-10,15-16H2,1-3H3,(H,22,24)/t17-/m0/s1. The summed E-state index contributed by atoms with van der Waals surface area (Å²) in [5, 5.41) is 3.08. The van der Waals surface area contributed by atoms with Crippen LogP contribution in [-0.4, -0.2) is 37.6 Å². The van der Waals surface area contributed by atoms with E-state index in [0.29, 0.717) is 6.54 Å². The van der Waals surface area contributed by atoms with Crippen molar-refractivity contribution in [3.8, 4) is 5.75 Å². The van der Waals surface area contributed by atoms with Gasteiger partial charge in [-0.15, -0.1) is 0 Å². The van der Waals surface area contributed by atoms with E-state index < -0.39 is 0 Å². The third-order valence-electron chi connectivity index (χ3n) is 4.14. The maximum Gasteiger partial charge on any atom is 0.234 e. The predicted molar refractivity (Wildman–Crippen MR) is 102 cm³/mol. The number of likely N-dealkylation sites (N-methyl/N-ethyl adjacent to an activating group) is 1. The lowest BCUT2D eigenvalue weighted by Gasteiger charge is -2.19. The molecule has 0 heterocycles. The first-order valence-electron chi connectivity index (χ1n) is 8.71. The van der Waals surface area contributed by atoms with Crippen LogP contribution in [0.1, 0.15) is 24.5 Å². The van der Waals surface area contributed by atoms with Gasteiger partial charge in [0, 0.05) is 12.6 Å². The van der Waals surface area contributed by atoms with E-state index >= 15 is 0 Å². The SMILES string of the molecule is COc1ccc(CN(C)CC(=O)N[C@@H](C)CCc2ccccc2)cc1. The zero-order valence-corrected chi connectivity index (χ0v) is 15.4. The lowest BCUT2D eigenvalue weighted by Crippen LogP contribution is -2.39. The van der Waals surface area contributed by atoms with E-state index in [2.05, 4.69) is 24.4 Å². The number of rotatable bonds is 9. The number of nitrogens with one attached hydrogen (secondary N) is 1. The summed E-state index contributed by atoms with van der Waals surface area (Å²) in [5.41, 5.74) is 2.47. The number of hydrogen-bond acceptors (Lipinski definition) is 3. The van der Waals surface area contributed by atoms with Crippen LogP contribution in [0.15, 0.2) is 54.6 Å². The number of nitrogens with zero attached hydrogens (tertiary/aromatic N) is 1. The molecule has 1 amide bonds. The van der Waals surface area contributed by atoms with Gasteiger partial charge in [0.25, 0.3) is 0 Å².